The van der Waals surface area contributed by atoms with Crippen molar-refractivity contribution >= 4 is 11.9 Å². The van der Waals surface area contributed by atoms with Gasteiger partial charge in [0.05, 0.1) is 12.8 Å². The molecule has 0 saturated carbocycles. The second kappa shape index (κ2) is 5.44. The molecular weight excluding hydrogens is 238 g/mol. The van der Waals surface area contributed by atoms with Crippen molar-refractivity contribution in [2.24, 2.45) is 0 Å². The average Bonchev–Trinajstić information content (AvgIpc) is 2.33. The van der Waals surface area contributed by atoms with E-state index in [0.717, 1.165) is 4.90 Å². The third-order valence-electron chi connectivity index (χ3n) is 2.62. The van der Waals surface area contributed by atoms with Gasteiger partial charge in [0.1, 0.15) is 12.1 Å². The summed E-state index contributed by atoms with van der Waals surface area (Å²) in [5.74, 6) is -1.09. The number of methoxy groups -OCH3 is 1. The van der Waals surface area contributed by atoms with Gasteiger partial charge in [0.2, 0.25) is 0 Å². The van der Waals surface area contributed by atoms with Crippen LogP contribution in [0.1, 0.15) is 21.6 Å². The van der Waals surface area contributed by atoms with Gasteiger partial charge < -0.3 is 9.64 Å². The summed E-state index contributed by atoms with van der Waals surface area (Å²) in [5, 5.41) is 6.00. The minimum atomic E-state index is -0.570. The Hall–Kier alpha value is -2.18. The number of likely N-dealkylation sites (N-methyl/N-ethyl adjacent to an activating group) is 1. The lowest BCUT2D eigenvalue weighted by atomic mass is 10.1. The molecule has 0 atom stereocenters. The fraction of sp³-hybridized carbons (Fsp3) is 0.455. The molecule has 1 heterocycles. The van der Waals surface area contributed by atoms with Crippen molar-refractivity contribution in [1.82, 2.24) is 15.1 Å². The van der Waals surface area contributed by atoms with E-state index in [-0.39, 0.29) is 12.1 Å². The lowest BCUT2D eigenvalue weighted by molar-refractivity contribution is -0.141. The first-order chi connectivity index (χ1) is 8.38. The molecule has 18 heavy (non-hydrogen) atoms. The van der Waals surface area contributed by atoms with E-state index >= 15 is 0 Å². The van der Waals surface area contributed by atoms with Crippen LogP contribution in [-0.4, -0.2) is 47.7 Å². The second-order valence-corrected chi connectivity index (χ2v) is 3.88. The summed E-state index contributed by atoms with van der Waals surface area (Å²) >= 11 is 0. The number of hydrogen-bond donors (Lipinski definition) is 1. The quantitative estimate of drug-likeness (QED) is 0.742. The van der Waals surface area contributed by atoms with Crippen molar-refractivity contribution in [3.8, 4) is 0 Å². The normalized spacial score (nSPS) is 10.0. The van der Waals surface area contributed by atoms with Gasteiger partial charge in [-0.3, -0.25) is 14.4 Å². The largest absolute Gasteiger partial charge is 0.468 e. The highest BCUT2D eigenvalue weighted by Crippen LogP contribution is 2.07. The lowest BCUT2D eigenvalue weighted by Gasteiger charge is -2.16. The predicted octanol–water partition coefficient (Wildman–Crippen LogP) is -0.368. The molecule has 7 nitrogen and oxygen atoms in total. The van der Waals surface area contributed by atoms with Crippen molar-refractivity contribution in [3.63, 3.8) is 0 Å². The lowest BCUT2D eigenvalue weighted by Crippen LogP contribution is -2.37. The molecule has 0 unspecified atom stereocenters. The minimum absolute atomic E-state index is 0.00565. The molecule has 98 valence electrons. The van der Waals surface area contributed by atoms with Crippen LogP contribution in [0.4, 0.5) is 0 Å². The SMILES string of the molecule is COC(=O)CN(C)C(=O)c1c(C)c(C)n[nH]c1=O. The Morgan fingerprint density at radius 1 is 1.39 bits per heavy atom. The Bertz CT molecular complexity index is 536. The van der Waals surface area contributed by atoms with Gasteiger partial charge >= 0.3 is 5.97 Å². The Labute approximate surface area is 104 Å². The highest BCUT2D eigenvalue weighted by atomic mass is 16.5. The van der Waals surface area contributed by atoms with Crippen molar-refractivity contribution in [3.05, 3.63) is 27.2 Å². The van der Waals surface area contributed by atoms with Crippen LogP contribution in [0, 0.1) is 13.8 Å². The number of amides is 1. The summed E-state index contributed by atoms with van der Waals surface area (Å²) < 4.78 is 4.46. The Morgan fingerprint density at radius 3 is 2.56 bits per heavy atom. The number of H-pyrrole nitrogens is 1. The van der Waals surface area contributed by atoms with Crippen LogP contribution in [0.3, 0.4) is 0 Å². The van der Waals surface area contributed by atoms with Gasteiger partial charge in [0.25, 0.3) is 11.5 Å². The van der Waals surface area contributed by atoms with Gasteiger partial charge in [-0.1, -0.05) is 0 Å². The molecule has 1 rings (SSSR count). The first-order valence-corrected chi connectivity index (χ1v) is 5.26. The number of nitrogens with zero attached hydrogens (tertiary/aromatic N) is 2. The molecule has 1 aromatic heterocycles. The number of esters is 1. The van der Waals surface area contributed by atoms with Crippen LogP contribution in [-0.2, 0) is 9.53 Å². The van der Waals surface area contributed by atoms with Crippen LogP contribution < -0.4 is 5.56 Å². The van der Waals surface area contributed by atoms with Gasteiger partial charge in [-0.15, -0.1) is 0 Å². The van der Waals surface area contributed by atoms with E-state index in [0.29, 0.717) is 11.3 Å². The zero-order valence-electron chi connectivity index (χ0n) is 10.7. The summed E-state index contributed by atoms with van der Waals surface area (Å²) in [7, 11) is 2.66. The van der Waals surface area contributed by atoms with E-state index in [1.54, 1.807) is 13.8 Å². The summed E-state index contributed by atoms with van der Waals surface area (Å²) in [6.07, 6.45) is 0. The van der Waals surface area contributed by atoms with Gasteiger partial charge in [0, 0.05) is 7.05 Å². The Balaban J connectivity index is 3.08. The number of carbonyl (C=O) groups is 2. The molecule has 0 spiro atoms. The van der Waals surface area contributed by atoms with Crippen molar-refractivity contribution in [1.29, 1.82) is 0 Å². The monoisotopic (exact) mass is 253 g/mol. The summed E-state index contributed by atoms with van der Waals surface area (Å²) in [4.78, 5) is 35.9. The maximum atomic E-state index is 12.1. The van der Waals surface area contributed by atoms with Gasteiger partial charge in [-0.25, -0.2) is 5.10 Å². The van der Waals surface area contributed by atoms with E-state index in [9.17, 15) is 14.4 Å². The number of aromatic amines is 1. The maximum Gasteiger partial charge on any atom is 0.325 e. The molecule has 0 aliphatic rings. The molecule has 0 bridgehead atoms. The highest BCUT2D eigenvalue weighted by molar-refractivity contribution is 5.96. The van der Waals surface area contributed by atoms with E-state index in [1.165, 1.54) is 14.2 Å². The molecule has 0 fully saturated rings. The molecule has 1 amide bonds. The van der Waals surface area contributed by atoms with Crippen molar-refractivity contribution in [2.45, 2.75) is 13.8 Å². The predicted molar refractivity (Wildman–Crippen MR) is 63.3 cm³/mol. The molecule has 1 aromatic rings. The number of nitrogens with one attached hydrogen (secondary N) is 1. The molecule has 0 aromatic carbocycles. The fourth-order valence-corrected chi connectivity index (χ4v) is 1.40. The molecule has 0 saturated heterocycles. The number of carbonyl (C=O) groups excluding carboxylic acids is 2. The highest BCUT2D eigenvalue weighted by Gasteiger charge is 2.21. The fourth-order valence-electron chi connectivity index (χ4n) is 1.40. The topological polar surface area (TPSA) is 92.4 Å². The maximum absolute atomic E-state index is 12.1. The smallest absolute Gasteiger partial charge is 0.325 e. The van der Waals surface area contributed by atoms with Crippen LogP contribution in [0.25, 0.3) is 0 Å². The van der Waals surface area contributed by atoms with Gasteiger partial charge in [-0.2, -0.15) is 5.10 Å². The molecular formula is C11H15N3O4. The van der Waals surface area contributed by atoms with Crippen molar-refractivity contribution < 1.29 is 14.3 Å². The number of aryl methyl sites for hydroxylation is 1. The van der Waals surface area contributed by atoms with Gasteiger partial charge in [0.15, 0.2) is 0 Å². The first kappa shape index (κ1) is 13.9. The minimum Gasteiger partial charge on any atom is -0.468 e. The molecule has 7 heteroatoms. The third kappa shape index (κ3) is 2.73. The first-order valence-electron chi connectivity index (χ1n) is 5.26. The van der Waals surface area contributed by atoms with Crippen LogP contribution >= 0.6 is 0 Å². The molecule has 0 aliphatic heterocycles. The Morgan fingerprint density at radius 2 is 2.00 bits per heavy atom. The zero-order chi connectivity index (χ0) is 13.9. The van der Waals surface area contributed by atoms with Crippen molar-refractivity contribution in [2.75, 3.05) is 20.7 Å². The van der Waals surface area contributed by atoms with E-state index in [1.807, 2.05) is 0 Å². The number of rotatable bonds is 3. The second-order valence-electron chi connectivity index (χ2n) is 3.88. The average molecular weight is 253 g/mol. The zero-order valence-corrected chi connectivity index (χ0v) is 10.7. The molecule has 1 N–H and O–H groups in total. The van der Waals surface area contributed by atoms with Gasteiger partial charge in [-0.05, 0) is 19.4 Å². The van der Waals surface area contributed by atoms with E-state index in [2.05, 4.69) is 14.9 Å². The van der Waals surface area contributed by atoms with E-state index in [4.69, 9.17) is 0 Å². The number of aromatic nitrogens is 2. The van der Waals surface area contributed by atoms with Crippen LogP contribution in [0.15, 0.2) is 4.79 Å². The van der Waals surface area contributed by atoms with Crippen LogP contribution in [0.2, 0.25) is 0 Å². The summed E-state index contributed by atoms with van der Waals surface area (Å²) in [5.41, 5.74) is 0.485. The molecule has 0 aliphatic carbocycles. The third-order valence-corrected chi connectivity index (χ3v) is 2.62. The molecule has 0 radical (unpaired) electrons. The van der Waals surface area contributed by atoms with E-state index < -0.39 is 17.4 Å². The summed E-state index contributed by atoms with van der Waals surface area (Å²) in [6.45, 7) is 3.11. The summed E-state index contributed by atoms with van der Waals surface area (Å²) in [6, 6.07) is 0. The number of hydrogen-bond acceptors (Lipinski definition) is 5. The Kier molecular flexibility index (Phi) is 4.19. The number of ether oxygens (including phenoxy) is 1. The standard InChI is InChI=1S/C11H15N3O4/c1-6-7(2)12-13-10(16)9(6)11(17)14(3)5-8(15)18-4/h5H2,1-4H3,(H,13,16). The van der Waals surface area contributed by atoms with Crippen LogP contribution in [0.5, 0.6) is 0 Å².